The van der Waals surface area contributed by atoms with E-state index >= 15 is 0 Å². The molecular weight excluding hydrogens is 348 g/mol. The number of benzene rings is 2. The van der Waals surface area contributed by atoms with Crippen LogP contribution >= 0.6 is 15.9 Å². The molecular formula is C16H15BrN2O3. The zero-order valence-electron chi connectivity index (χ0n) is 11.9. The zero-order chi connectivity index (χ0) is 16.1. The van der Waals surface area contributed by atoms with Crippen LogP contribution in [0.5, 0.6) is 5.75 Å². The van der Waals surface area contributed by atoms with Crippen LogP contribution in [0.1, 0.15) is 29.3 Å². The minimum absolute atomic E-state index is 0.159. The van der Waals surface area contributed by atoms with Crippen LogP contribution in [0.25, 0.3) is 0 Å². The first-order valence-corrected chi connectivity index (χ1v) is 7.45. The SMILES string of the molecule is CC/C(=N\Nc1ccc(C(=O)O)cc1)c1cc(Br)ccc1O. The van der Waals surface area contributed by atoms with Gasteiger partial charge in [-0.3, -0.25) is 5.43 Å². The fraction of sp³-hybridized carbons (Fsp3) is 0.125. The number of nitrogens with one attached hydrogen (secondary N) is 1. The lowest BCUT2D eigenvalue weighted by Crippen LogP contribution is -2.04. The molecule has 0 spiro atoms. The number of aromatic hydroxyl groups is 1. The molecule has 0 saturated carbocycles. The third-order valence-corrected chi connectivity index (χ3v) is 3.55. The van der Waals surface area contributed by atoms with Gasteiger partial charge in [-0.25, -0.2) is 4.79 Å². The predicted molar refractivity (Wildman–Crippen MR) is 89.7 cm³/mol. The molecule has 6 heteroatoms. The minimum Gasteiger partial charge on any atom is -0.507 e. The van der Waals surface area contributed by atoms with Gasteiger partial charge in [0.25, 0.3) is 0 Å². The molecule has 114 valence electrons. The highest BCUT2D eigenvalue weighted by Gasteiger charge is 2.08. The van der Waals surface area contributed by atoms with E-state index in [9.17, 15) is 9.90 Å². The summed E-state index contributed by atoms with van der Waals surface area (Å²) in [5.74, 6) is -0.810. The van der Waals surface area contributed by atoms with Gasteiger partial charge in [0.1, 0.15) is 5.75 Å². The molecule has 5 nitrogen and oxygen atoms in total. The van der Waals surface area contributed by atoms with Gasteiger partial charge in [-0.1, -0.05) is 22.9 Å². The number of halogens is 1. The van der Waals surface area contributed by atoms with Crippen molar-refractivity contribution in [2.75, 3.05) is 5.43 Å². The molecule has 0 unspecified atom stereocenters. The first-order chi connectivity index (χ1) is 10.5. The zero-order valence-corrected chi connectivity index (χ0v) is 13.5. The Hall–Kier alpha value is -2.34. The van der Waals surface area contributed by atoms with Crippen LogP contribution in [0.15, 0.2) is 52.0 Å². The second-order valence-electron chi connectivity index (χ2n) is 4.57. The van der Waals surface area contributed by atoms with Gasteiger partial charge in [0.2, 0.25) is 0 Å². The van der Waals surface area contributed by atoms with Crippen molar-refractivity contribution in [3.8, 4) is 5.75 Å². The molecule has 0 fully saturated rings. The maximum absolute atomic E-state index is 10.8. The van der Waals surface area contributed by atoms with Gasteiger partial charge < -0.3 is 10.2 Å². The Balaban J connectivity index is 2.22. The molecule has 0 bridgehead atoms. The summed E-state index contributed by atoms with van der Waals surface area (Å²) < 4.78 is 0.854. The van der Waals surface area contributed by atoms with E-state index in [1.165, 1.54) is 12.1 Å². The maximum atomic E-state index is 10.8. The van der Waals surface area contributed by atoms with Crippen molar-refractivity contribution in [3.63, 3.8) is 0 Å². The Kier molecular flexibility index (Phi) is 5.16. The summed E-state index contributed by atoms with van der Waals surface area (Å²) in [5.41, 5.74) is 5.11. The molecule has 0 aliphatic carbocycles. The smallest absolute Gasteiger partial charge is 0.335 e. The van der Waals surface area contributed by atoms with E-state index in [4.69, 9.17) is 5.11 Å². The fourth-order valence-corrected chi connectivity index (χ4v) is 2.25. The number of carboxylic acid groups (broad SMARTS) is 1. The standard InChI is InChI=1S/C16H15BrN2O3/c1-2-14(13-9-11(17)5-8-15(13)20)19-18-12-6-3-10(4-7-12)16(21)22/h3-9,18,20H,2H2,1H3,(H,21,22)/b19-14+. The van der Waals surface area contributed by atoms with Crippen LogP contribution < -0.4 is 5.43 Å². The topological polar surface area (TPSA) is 81.9 Å². The largest absolute Gasteiger partial charge is 0.507 e. The molecule has 2 rings (SSSR count). The lowest BCUT2D eigenvalue weighted by molar-refractivity contribution is 0.0697. The van der Waals surface area contributed by atoms with Crippen LogP contribution in [0.4, 0.5) is 5.69 Å². The van der Waals surface area contributed by atoms with E-state index in [1.807, 2.05) is 6.92 Å². The van der Waals surface area contributed by atoms with Gasteiger partial charge in [0.15, 0.2) is 0 Å². The quantitative estimate of drug-likeness (QED) is 0.552. The molecule has 0 aromatic heterocycles. The van der Waals surface area contributed by atoms with Gasteiger partial charge >= 0.3 is 5.97 Å². The number of carbonyl (C=O) groups is 1. The molecule has 0 aliphatic rings. The first-order valence-electron chi connectivity index (χ1n) is 6.66. The number of carboxylic acids is 1. The lowest BCUT2D eigenvalue weighted by Gasteiger charge is -2.08. The summed E-state index contributed by atoms with van der Waals surface area (Å²) in [7, 11) is 0. The Morgan fingerprint density at radius 2 is 1.91 bits per heavy atom. The van der Waals surface area contributed by atoms with Crippen LogP contribution in [-0.4, -0.2) is 21.9 Å². The molecule has 2 aromatic rings. The average Bonchev–Trinajstić information content (AvgIpc) is 2.51. The Labute approximate surface area is 136 Å². The highest BCUT2D eigenvalue weighted by atomic mass is 79.9. The van der Waals surface area contributed by atoms with Gasteiger partial charge in [-0.15, -0.1) is 0 Å². The number of anilines is 1. The lowest BCUT2D eigenvalue weighted by atomic mass is 10.1. The van der Waals surface area contributed by atoms with Gasteiger partial charge in [-0.2, -0.15) is 5.10 Å². The van der Waals surface area contributed by atoms with Crippen molar-refractivity contribution >= 4 is 33.3 Å². The normalized spacial score (nSPS) is 11.3. The first kappa shape index (κ1) is 16.0. The van der Waals surface area contributed by atoms with Crippen molar-refractivity contribution in [2.45, 2.75) is 13.3 Å². The van der Waals surface area contributed by atoms with Gasteiger partial charge in [-0.05, 0) is 48.9 Å². The molecule has 0 saturated heterocycles. The molecule has 0 heterocycles. The van der Waals surface area contributed by atoms with Crippen LogP contribution in [0.3, 0.4) is 0 Å². The van der Waals surface area contributed by atoms with E-state index in [-0.39, 0.29) is 11.3 Å². The minimum atomic E-state index is -0.969. The van der Waals surface area contributed by atoms with Crippen molar-refractivity contribution in [1.82, 2.24) is 0 Å². The summed E-state index contributed by atoms with van der Waals surface area (Å²) >= 11 is 3.37. The number of hydrazone groups is 1. The molecule has 0 radical (unpaired) electrons. The van der Waals surface area contributed by atoms with E-state index in [0.717, 1.165) is 4.47 Å². The summed E-state index contributed by atoms with van der Waals surface area (Å²) in [4.78, 5) is 10.8. The van der Waals surface area contributed by atoms with Gasteiger partial charge in [0.05, 0.1) is 17.0 Å². The van der Waals surface area contributed by atoms with Crippen molar-refractivity contribution in [1.29, 1.82) is 0 Å². The number of hydrogen-bond donors (Lipinski definition) is 3. The number of rotatable bonds is 5. The van der Waals surface area contributed by atoms with Crippen molar-refractivity contribution < 1.29 is 15.0 Å². The Morgan fingerprint density at radius 3 is 2.50 bits per heavy atom. The van der Waals surface area contributed by atoms with Gasteiger partial charge in [0, 0.05) is 10.0 Å². The van der Waals surface area contributed by atoms with Crippen molar-refractivity contribution in [2.24, 2.45) is 5.10 Å². The van der Waals surface area contributed by atoms with Crippen LogP contribution in [0.2, 0.25) is 0 Å². The van der Waals surface area contributed by atoms with Crippen molar-refractivity contribution in [3.05, 3.63) is 58.1 Å². The van der Waals surface area contributed by atoms with E-state index in [2.05, 4.69) is 26.5 Å². The third-order valence-electron chi connectivity index (χ3n) is 3.06. The molecule has 22 heavy (non-hydrogen) atoms. The molecule has 2 aromatic carbocycles. The van der Waals surface area contributed by atoms with E-state index in [0.29, 0.717) is 23.4 Å². The number of phenols is 1. The predicted octanol–water partition coefficient (Wildman–Crippen LogP) is 4.08. The van der Waals surface area contributed by atoms with E-state index in [1.54, 1.807) is 30.3 Å². The Morgan fingerprint density at radius 1 is 1.23 bits per heavy atom. The summed E-state index contributed by atoms with van der Waals surface area (Å²) in [6.07, 6.45) is 0.629. The third kappa shape index (κ3) is 3.85. The molecule has 0 atom stereocenters. The molecule has 0 aliphatic heterocycles. The summed E-state index contributed by atoms with van der Waals surface area (Å²) in [6, 6.07) is 11.4. The van der Waals surface area contributed by atoms with Crippen LogP contribution in [0, 0.1) is 0 Å². The number of aromatic carboxylic acids is 1. The highest BCUT2D eigenvalue weighted by Crippen LogP contribution is 2.23. The Bertz CT molecular complexity index is 712. The summed E-state index contributed by atoms with van der Waals surface area (Å²) in [5, 5.41) is 23.1. The molecule has 3 N–H and O–H groups in total. The average molecular weight is 363 g/mol. The number of nitrogens with zero attached hydrogens (tertiary/aromatic N) is 1. The second kappa shape index (κ2) is 7.09. The number of hydrogen-bond acceptors (Lipinski definition) is 4. The second-order valence-corrected chi connectivity index (χ2v) is 5.48. The van der Waals surface area contributed by atoms with E-state index < -0.39 is 5.97 Å². The molecule has 0 amide bonds. The highest BCUT2D eigenvalue weighted by molar-refractivity contribution is 9.10. The monoisotopic (exact) mass is 362 g/mol. The maximum Gasteiger partial charge on any atom is 0.335 e. The summed E-state index contributed by atoms with van der Waals surface area (Å²) in [6.45, 7) is 1.94. The van der Waals surface area contributed by atoms with Crippen LogP contribution in [-0.2, 0) is 0 Å². The number of phenolic OH excluding ortho intramolecular Hbond substituents is 1. The fourth-order valence-electron chi connectivity index (χ4n) is 1.89.